The molecular weight excluding hydrogens is 254 g/mol. The summed E-state index contributed by atoms with van der Waals surface area (Å²) in [4.78, 5) is 22.2. The number of hydrogen-bond donors (Lipinski definition) is 0. The number of carbonyl (C=O) groups is 1. The molecule has 0 radical (unpaired) electrons. The van der Waals surface area contributed by atoms with Crippen molar-refractivity contribution in [1.29, 1.82) is 0 Å². The average molecular weight is 267 g/mol. The first-order valence-corrected chi connectivity index (χ1v) is 5.65. The summed E-state index contributed by atoms with van der Waals surface area (Å²) in [5.74, 6) is -0.470. The first-order chi connectivity index (χ1) is 9.08. The zero-order chi connectivity index (χ0) is 14.0. The van der Waals surface area contributed by atoms with Crippen LogP contribution in [0.5, 0.6) is 11.5 Å². The molecule has 1 heterocycles. The van der Waals surface area contributed by atoms with E-state index in [1.807, 2.05) is 0 Å². The van der Waals surface area contributed by atoms with Gasteiger partial charge in [-0.05, 0) is 12.5 Å². The predicted octanol–water partition coefficient (Wildman–Crippen LogP) is 1.64. The molecule has 7 heteroatoms. The Bertz CT molecular complexity index is 527. The third-order valence-corrected chi connectivity index (χ3v) is 3.04. The number of hydrogen-bond acceptors (Lipinski definition) is 6. The van der Waals surface area contributed by atoms with Crippen LogP contribution in [-0.4, -0.2) is 31.7 Å². The topological polar surface area (TPSA) is 87.9 Å². The van der Waals surface area contributed by atoms with Crippen LogP contribution in [0.2, 0.25) is 0 Å². The summed E-state index contributed by atoms with van der Waals surface area (Å²) in [6, 6.07) is 2.73. The van der Waals surface area contributed by atoms with Crippen molar-refractivity contribution < 1.29 is 23.9 Å². The number of cyclic esters (lactones) is 1. The average Bonchev–Trinajstić information content (AvgIpc) is 2.83. The second-order valence-electron chi connectivity index (χ2n) is 4.03. The Morgan fingerprint density at radius 1 is 1.32 bits per heavy atom. The van der Waals surface area contributed by atoms with Crippen molar-refractivity contribution in [3.63, 3.8) is 0 Å². The second kappa shape index (κ2) is 5.13. The van der Waals surface area contributed by atoms with Gasteiger partial charge in [0.05, 0.1) is 37.7 Å². The molecule has 0 aromatic heterocycles. The van der Waals surface area contributed by atoms with Crippen molar-refractivity contribution in [1.82, 2.24) is 0 Å². The molecule has 0 N–H and O–H groups in total. The number of nitro benzene ring substituents is 1. The number of nitrogens with zero attached hydrogens (tertiary/aromatic N) is 1. The van der Waals surface area contributed by atoms with E-state index in [0.29, 0.717) is 17.7 Å². The van der Waals surface area contributed by atoms with Crippen LogP contribution in [0.15, 0.2) is 12.1 Å². The number of methoxy groups -OCH3 is 2. The molecule has 0 aliphatic carbocycles. The van der Waals surface area contributed by atoms with E-state index >= 15 is 0 Å². The van der Waals surface area contributed by atoms with E-state index in [1.165, 1.54) is 26.4 Å². The van der Waals surface area contributed by atoms with Crippen molar-refractivity contribution in [2.24, 2.45) is 0 Å². The quantitative estimate of drug-likeness (QED) is 0.468. The van der Waals surface area contributed by atoms with Gasteiger partial charge in [0.1, 0.15) is 0 Å². The summed E-state index contributed by atoms with van der Waals surface area (Å²) in [7, 11) is 2.82. The Balaban J connectivity index is 2.56. The number of benzene rings is 1. The lowest BCUT2D eigenvalue weighted by Gasteiger charge is -2.12. The molecule has 1 unspecified atom stereocenters. The molecule has 1 atom stereocenters. The van der Waals surface area contributed by atoms with Gasteiger partial charge < -0.3 is 14.2 Å². The normalized spacial score (nSPS) is 18.0. The maximum Gasteiger partial charge on any atom is 0.313 e. The second-order valence-corrected chi connectivity index (χ2v) is 4.03. The fourth-order valence-electron chi connectivity index (χ4n) is 2.10. The van der Waals surface area contributed by atoms with Gasteiger partial charge in [0.2, 0.25) is 0 Å². The van der Waals surface area contributed by atoms with Crippen molar-refractivity contribution in [2.75, 3.05) is 20.8 Å². The van der Waals surface area contributed by atoms with Gasteiger partial charge in [-0.25, -0.2) is 0 Å². The molecule has 1 aliphatic rings. The number of nitro groups is 1. The number of esters is 1. The SMILES string of the molecule is COc1cc(C2CCOC2=O)c([N+](=O)[O-])cc1OC. The molecule has 0 amide bonds. The smallest absolute Gasteiger partial charge is 0.313 e. The first kappa shape index (κ1) is 13.1. The summed E-state index contributed by atoms with van der Waals surface area (Å²) in [5, 5.41) is 11.1. The van der Waals surface area contributed by atoms with Crippen LogP contribution in [0.3, 0.4) is 0 Å². The van der Waals surface area contributed by atoms with Crippen LogP contribution in [0, 0.1) is 10.1 Å². The lowest BCUT2D eigenvalue weighted by atomic mass is 9.95. The minimum atomic E-state index is -0.625. The molecule has 102 valence electrons. The number of carbonyl (C=O) groups excluding carboxylic acids is 1. The van der Waals surface area contributed by atoms with Gasteiger partial charge in [-0.3, -0.25) is 14.9 Å². The molecule has 2 rings (SSSR count). The highest BCUT2D eigenvalue weighted by molar-refractivity contribution is 5.82. The van der Waals surface area contributed by atoms with Gasteiger partial charge in [-0.15, -0.1) is 0 Å². The minimum absolute atomic E-state index is 0.165. The molecule has 0 saturated carbocycles. The fourth-order valence-corrected chi connectivity index (χ4v) is 2.10. The molecule has 0 spiro atoms. The van der Waals surface area contributed by atoms with Crippen LogP contribution in [0.25, 0.3) is 0 Å². The predicted molar refractivity (Wildman–Crippen MR) is 64.5 cm³/mol. The molecule has 1 fully saturated rings. The Hall–Kier alpha value is -2.31. The van der Waals surface area contributed by atoms with E-state index < -0.39 is 16.8 Å². The maximum atomic E-state index is 11.6. The summed E-state index contributed by atoms with van der Waals surface area (Å²) in [6.45, 7) is 0.273. The molecule has 0 bridgehead atoms. The molecule has 1 aromatic carbocycles. The van der Waals surface area contributed by atoms with E-state index in [9.17, 15) is 14.9 Å². The summed E-state index contributed by atoms with van der Waals surface area (Å²) >= 11 is 0. The van der Waals surface area contributed by atoms with Gasteiger partial charge in [0.15, 0.2) is 11.5 Å². The lowest BCUT2D eigenvalue weighted by molar-refractivity contribution is -0.385. The summed E-state index contributed by atoms with van der Waals surface area (Å²) in [6.07, 6.45) is 0.426. The van der Waals surface area contributed by atoms with Crippen LogP contribution in [-0.2, 0) is 9.53 Å². The zero-order valence-electron chi connectivity index (χ0n) is 10.5. The van der Waals surface area contributed by atoms with Crippen molar-refractivity contribution in [3.05, 3.63) is 27.8 Å². The lowest BCUT2D eigenvalue weighted by Crippen LogP contribution is -2.09. The Labute approximate surface area is 109 Å². The minimum Gasteiger partial charge on any atom is -0.493 e. The number of ether oxygens (including phenoxy) is 3. The number of rotatable bonds is 4. The zero-order valence-corrected chi connectivity index (χ0v) is 10.5. The summed E-state index contributed by atoms with van der Waals surface area (Å²) in [5.41, 5.74) is 0.131. The first-order valence-electron chi connectivity index (χ1n) is 5.65. The fraction of sp³-hybridized carbons (Fsp3) is 0.417. The molecular formula is C12H13NO6. The highest BCUT2D eigenvalue weighted by Gasteiger charge is 2.34. The highest BCUT2D eigenvalue weighted by atomic mass is 16.6. The standard InChI is InChI=1S/C12H13NO6/c1-17-10-5-8(7-3-4-19-12(7)14)9(13(15)16)6-11(10)18-2/h5-7H,3-4H2,1-2H3. The van der Waals surface area contributed by atoms with Crippen LogP contribution < -0.4 is 9.47 Å². The summed E-state index contributed by atoms with van der Waals surface area (Å²) < 4.78 is 15.0. The molecule has 1 aliphatic heterocycles. The molecule has 7 nitrogen and oxygen atoms in total. The van der Waals surface area contributed by atoms with Crippen LogP contribution in [0.4, 0.5) is 5.69 Å². The maximum absolute atomic E-state index is 11.6. The van der Waals surface area contributed by atoms with E-state index in [-0.39, 0.29) is 18.0 Å². The van der Waals surface area contributed by atoms with Gasteiger partial charge in [0, 0.05) is 5.56 Å². The van der Waals surface area contributed by atoms with Crippen molar-refractivity contribution in [2.45, 2.75) is 12.3 Å². The van der Waals surface area contributed by atoms with Gasteiger partial charge >= 0.3 is 5.97 Å². The Kier molecular flexibility index (Phi) is 3.55. The Morgan fingerprint density at radius 2 is 1.95 bits per heavy atom. The van der Waals surface area contributed by atoms with Gasteiger partial charge in [-0.2, -0.15) is 0 Å². The largest absolute Gasteiger partial charge is 0.493 e. The van der Waals surface area contributed by atoms with E-state index in [1.54, 1.807) is 0 Å². The highest BCUT2D eigenvalue weighted by Crippen LogP contribution is 2.40. The van der Waals surface area contributed by atoms with Gasteiger partial charge in [0.25, 0.3) is 5.69 Å². The van der Waals surface area contributed by atoms with Crippen molar-refractivity contribution in [3.8, 4) is 11.5 Å². The van der Waals surface area contributed by atoms with Gasteiger partial charge in [-0.1, -0.05) is 0 Å². The van der Waals surface area contributed by atoms with E-state index in [0.717, 1.165) is 0 Å². The van der Waals surface area contributed by atoms with E-state index in [4.69, 9.17) is 14.2 Å². The van der Waals surface area contributed by atoms with Crippen LogP contribution in [0.1, 0.15) is 17.9 Å². The monoisotopic (exact) mass is 267 g/mol. The third kappa shape index (κ3) is 2.31. The van der Waals surface area contributed by atoms with E-state index in [2.05, 4.69) is 0 Å². The molecule has 19 heavy (non-hydrogen) atoms. The van der Waals surface area contributed by atoms with Crippen LogP contribution >= 0.6 is 0 Å². The molecule has 1 saturated heterocycles. The third-order valence-electron chi connectivity index (χ3n) is 3.04. The Morgan fingerprint density at radius 3 is 2.42 bits per heavy atom. The molecule has 1 aromatic rings. The van der Waals surface area contributed by atoms with Crippen molar-refractivity contribution >= 4 is 11.7 Å².